The molecule has 0 unspecified atom stereocenters. The van der Waals surface area contributed by atoms with Crippen LogP contribution in [0, 0.1) is 81.0 Å². The fourth-order valence-electron chi connectivity index (χ4n) is 3.41. The van der Waals surface area contributed by atoms with E-state index in [9.17, 15) is 25.2 Å². The maximum Gasteiger partial charge on any atom is 2.00 e. The molecule has 0 aliphatic heterocycles. The summed E-state index contributed by atoms with van der Waals surface area (Å²) in [5.74, 6) is 0. The first kappa shape index (κ1) is 47.2. The summed E-state index contributed by atoms with van der Waals surface area (Å²) in [6.07, 6.45) is 16.8. The third kappa shape index (κ3) is 23.4. The molecule has 2 aliphatic rings. The van der Waals surface area contributed by atoms with Gasteiger partial charge in [0.05, 0.1) is 11.6 Å². The summed E-state index contributed by atoms with van der Waals surface area (Å²) >= 11 is 1.97. The number of benzene rings is 3. The van der Waals surface area contributed by atoms with E-state index < -0.39 is 15.7 Å². The molecule has 0 spiro atoms. The zero-order valence-corrected chi connectivity index (χ0v) is 30.7. The first-order valence-corrected chi connectivity index (χ1v) is 17.1. The van der Waals surface area contributed by atoms with E-state index in [-0.39, 0.29) is 49.7 Å². The Balaban J connectivity index is 0. The number of halogens is 6. The van der Waals surface area contributed by atoms with Gasteiger partial charge in [-0.15, -0.1) is 11.8 Å². The second kappa shape index (κ2) is 20.6. The largest absolute Gasteiger partial charge is 2.00 e. The van der Waals surface area contributed by atoms with Crippen LogP contribution in [-0.4, -0.2) is 4.75 Å². The van der Waals surface area contributed by atoms with Crippen LogP contribution in [0.1, 0.15) is 26.3 Å². The Hall–Kier alpha value is -0.878. The van der Waals surface area contributed by atoms with Crippen molar-refractivity contribution in [1.29, 1.82) is 5.26 Å². The van der Waals surface area contributed by atoms with Gasteiger partial charge < -0.3 is 7.43 Å². The molecular weight excluding hydrogens is 793 g/mol. The molecule has 3 aromatic carbocycles. The first-order valence-electron chi connectivity index (χ1n) is 13.0. The number of nitriles is 1. The fourth-order valence-corrected chi connectivity index (χ4v) is 7.12. The number of rotatable bonds is 4. The van der Waals surface area contributed by atoms with Gasteiger partial charge in [0.2, 0.25) is 0 Å². The Bertz CT molecular complexity index is 1200. The first-order chi connectivity index (χ1) is 19.9. The normalized spacial score (nSPS) is 16.0. The van der Waals surface area contributed by atoms with Gasteiger partial charge in [0, 0.05) is 15.7 Å². The minimum Gasteiger partial charge on any atom is -0.358 e. The standard InChI is InChI=1S/C21H22PS.C7H5N.C5H5.CH3.F6P.Fe.Pd/c1-21(2,3)23-20-16-10-15-19(20)22(17-11-6-4-7-12-17)18-13-8-5-9-14-18;8-6-7-4-2-1-3-5-7;1-2-4-5-3-1;;1-7(2,3,4,5)6;;/h4-16H,1-3H3;1-5H;1-5H;1H3;;;/q;;;2*-1;2*+2. The number of thioether (sulfide) groups is 1. The zero-order valence-electron chi connectivity index (χ0n) is 25.5. The molecule has 10 radical (unpaired) electrons. The van der Waals surface area contributed by atoms with Crippen molar-refractivity contribution in [3.05, 3.63) is 166 Å². The molecule has 0 saturated heterocycles. The van der Waals surface area contributed by atoms with Crippen LogP contribution in [0.4, 0.5) is 25.2 Å². The second-order valence-corrected chi connectivity index (χ2v) is 15.9. The van der Waals surface area contributed by atoms with Crippen LogP contribution >= 0.6 is 27.5 Å². The Labute approximate surface area is 302 Å². The molecule has 0 atom stereocenters. The van der Waals surface area contributed by atoms with Crippen molar-refractivity contribution in [2.24, 2.45) is 0 Å². The molecule has 2 fully saturated rings. The third-order valence-electron chi connectivity index (χ3n) is 4.90. The van der Waals surface area contributed by atoms with E-state index in [1.54, 1.807) is 12.1 Å². The summed E-state index contributed by atoms with van der Waals surface area (Å²) in [5.41, 5.74) is 2.19. The molecule has 5 rings (SSSR count). The maximum atomic E-state index is 9.87. The SMILES string of the molecule is CC(C)(C)S[C]1[CH][CH][CH][C]1P(c1ccccc1)c1ccccc1.F[P-](F)(F)(F)(F)F.N#Cc1ccccc1.[CH3-].[CH]1[CH][CH][CH][CH]1.[Fe+2].[Pd+2]. The monoisotopic (exact) mass is 827 g/mol. The van der Waals surface area contributed by atoms with Crippen molar-refractivity contribution in [2.75, 3.05) is 0 Å². The topological polar surface area (TPSA) is 23.8 Å². The predicted molar refractivity (Wildman–Crippen MR) is 178 cm³/mol. The number of nitrogens with zero attached hydrogens (tertiary/aromatic N) is 1. The number of hydrogen-bond donors (Lipinski definition) is 0. The summed E-state index contributed by atoms with van der Waals surface area (Å²) < 4.78 is 59.4. The quantitative estimate of drug-likeness (QED) is 0.113. The Morgan fingerprint density at radius 2 is 0.978 bits per heavy atom. The molecule has 46 heavy (non-hydrogen) atoms. The molecule has 0 N–H and O–H groups in total. The Morgan fingerprint density at radius 3 is 1.28 bits per heavy atom. The summed E-state index contributed by atoms with van der Waals surface area (Å²) in [4.78, 5) is 0. The van der Waals surface area contributed by atoms with Crippen LogP contribution in [0.2, 0.25) is 0 Å². The van der Waals surface area contributed by atoms with Crippen molar-refractivity contribution in [3.63, 3.8) is 0 Å². The van der Waals surface area contributed by atoms with Gasteiger partial charge in [-0.25, -0.2) is 0 Å². The van der Waals surface area contributed by atoms with Crippen LogP contribution in [0.15, 0.2) is 91.0 Å². The third-order valence-corrected chi connectivity index (χ3v) is 8.74. The predicted octanol–water partition coefficient (Wildman–Crippen LogP) is 11.7. The zero-order chi connectivity index (χ0) is 32.1. The van der Waals surface area contributed by atoms with Crippen LogP contribution in [0.25, 0.3) is 0 Å². The molecule has 12 heteroatoms. The molecule has 250 valence electrons. The maximum absolute atomic E-state index is 10.7. The van der Waals surface area contributed by atoms with Crippen LogP contribution in [0.3, 0.4) is 0 Å². The van der Waals surface area contributed by atoms with Gasteiger partial charge in [-0.1, -0.05) is 99.6 Å². The van der Waals surface area contributed by atoms with Crippen LogP contribution < -0.4 is 10.6 Å². The summed E-state index contributed by atoms with van der Waals surface area (Å²) in [6.45, 7) is 6.84. The van der Waals surface area contributed by atoms with Crippen molar-refractivity contribution in [1.82, 2.24) is 0 Å². The minimum absolute atomic E-state index is 0. The van der Waals surface area contributed by atoms with Gasteiger partial charge in [0.25, 0.3) is 0 Å². The molecule has 0 amide bonds. The molecule has 1 nitrogen and oxygen atoms in total. The smallest absolute Gasteiger partial charge is 0.358 e. The average molecular weight is 828 g/mol. The summed E-state index contributed by atoms with van der Waals surface area (Å²) in [6, 6.07) is 33.0. The van der Waals surface area contributed by atoms with Crippen molar-refractivity contribution >= 4 is 38.1 Å². The summed E-state index contributed by atoms with van der Waals surface area (Å²) in [7, 11) is -11.2. The van der Waals surface area contributed by atoms with Crippen molar-refractivity contribution in [2.45, 2.75) is 25.5 Å². The van der Waals surface area contributed by atoms with E-state index in [2.05, 4.69) is 101 Å². The molecule has 0 aromatic heterocycles. The van der Waals surface area contributed by atoms with Gasteiger partial charge in [0.1, 0.15) is 0 Å². The van der Waals surface area contributed by atoms with Gasteiger partial charge >= 0.3 is 70.5 Å². The van der Waals surface area contributed by atoms with E-state index >= 15 is 0 Å². The average Bonchev–Trinajstić information content (AvgIpc) is 3.65. The Morgan fingerprint density at radius 1 is 0.630 bits per heavy atom. The van der Waals surface area contributed by atoms with Crippen molar-refractivity contribution in [3.8, 4) is 6.07 Å². The molecular formula is C34H35F6FeNP2PdS+2. The number of hydrogen-bond acceptors (Lipinski definition) is 2. The fraction of sp³-hybridized carbons (Fsp3) is 0.118. The molecule has 0 bridgehead atoms. The van der Waals surface area contributed by atoms with E-state index in [0.717, 1.165) is 0 Å². The molecule has 2 aliphatic carbocycles. The molecule has 0 heterocycles. The molecule has 3 aromatic rings. The van der Waals surface area contributed by atoms with Gasteiger partial charge in [-0.3, -0.25) is 0 Å². The van der Waals surface area contributed by atoms with Gasteiger partial charge in [0.15, 0.2) is 0 Å². The van der Waals surface area contributed by atoms with Crippen LogP contribution in [-0.2, 0) is 37.5 Å². The van der Waals surface area contributed by atoms with E-state index in [4.69, 9.17) is 5.26 Å². The molecule has 2 saturated carbocycles. The summed E-state index contributed by atoms with van der Waals surface area (Å²) in [5, 5.41) is 12.5. The minimum atomic E-state index is -10.7. The van der Waals surface area contributed by atoms with E-state index in [1.165, 1.54) is 21.5 Å². The van der Waals surface area contributed by atoms with Gasteiger partial charge in [-0.05, 0) is 82.0 Å². The van der Waals surface area contributed by atoms with Gasteiger partial charge in [-0.2, -0.15) is 5.26 Å². The van der Waals surface area contributed by atoms with E-state index in [1.807, 2.05) is 68.1 Å². The van der Waals surface area contributed by atoms with Crippen molar-refractivity contribution < 1.29 is 62.7 Å². The second-order valence-electron chi connectivity index (χ2n) is 9.89. The Kier molecular flexibility index (Phi) is 21.1. The van der Waals surface area contributed by atoms with E-state index in [0.29, 0.717) is 5.56 Å². The van der Waals surface area contributed by atoms with Crippen LogP contribution in [0.5, 0.6) is 0 Å².